The van der Waals surface area contributed by atoms with Crippen molar-refractivity contribution in [1.29, 1.82) is 0 Å². The van der Waals surface area contributed by atoms with Crippen LogP contribution in [0.15, 0.2) is 6.20 Å². The van der Waals surface area contributed by atoms with Crippen molar-refractivity contribution in [2.45, 2.75) is 45.3 Å². The first kappa shape index (κ1) is 15.3. The predicted molar refractivity (Wildman–Crippen MR) is 78.1 cm³/mol. The summed E-state index contributed by atoms with van der Waals surface area (Å²) in [6.07, 6.45) is 5.12. The van der Waals surface area contributed by atoms with Crippen molar-refractivity contribution in [3.05, 3.63) is 16.9 Å². The van der Waals surface area contributed by atoms with E-state index in [1.54, 1.807) is 11.8 Å². The smallest absolute Gasteiger partial charge is 0.256 e. The molecule has 1 amide bonds. The fourth-order valence-electron chi connectivity index (χ4n) is 2.45. The molecule has 0 aromatic carbocycles. The Morgan fingerprint density at radius 1 is 1.60 bits per heavy atom. The van der Waals surface area contributed by atoms with Crippen LogP contribution >= 0.6 is 11.6 Å². The number of nitrogens with zero attached hydrogens (tertiary/aromatic N) is 2. The molecule has 0 saturated heterocycles. The summed E-state index contributed by atoms with van der Waals surface area (Å²) >= 11 is 6.16. The second-order valence-electron chi connectivity index (χ2n) is 5.63. The third-order valence-corrected chi connectivity index (χ3v) is 4.21. The van der Waals surface area contributed by atoms with Crippen LogP contribution in [0.4, 0.5) is 0 Å². The van der Waals surface area contributed by atoms with Crippen molar-refractivity contribution >= 4 is 17.5 Å². The van der Waals surface area contributed by atoms with Gasteiger partial charge < -0.3 is 10.1 Å². The minimum Gasteiger partial charge on any atom is -0.381 e. The molecule has 0 atom stereocenters. The number of aromatic nitrogens is 2. The summed E-state index contributed by atoms with van der Waals surface area (Å²) in [4.78, 5) is 12.0. The molecule has 20 heavy (non-hydrogen) atoms. The van der Waals surface area contributed by atoms with Gasteiger partial charge in [-0.25, -0.2) is 0 Å². The lowest BCUT2D eigenvalue weighted by molar-refractivity contribution is -0.00120. The first-order chi connectivity index (χ1) is 9.52. The van der Waals surface area contributed by atoms with Gasteiger partial charge in [-0.15, -0.1) is 0 Å². The number of hydrogen-bond acceptors (Lipinski definition) is 3. The molecule has 1 aliphatic carbocycles. The van der Waals surface area contributed by atoms with Gasteiger partial charge >= 0.3 is 0 Å². The lowest BCUT2D eigenvalue weighted by atomic mass is 9.80. The summed E-state index contributed by atoms with van der Waals surface area (Å²) in [5, 5.41) is 7.45. The Labute approximate surface area is 124 Å². The molecule has 2 rings (SSSR count). The van der Waals surface area contributed by atoms with E-state index in [9.17, 15) is 4.79 Å². The lowest BCUT2D eigenvalue weighted by Crippen LogP contribution is -2.34. The molecule has 112 valence electrons. The molecule has 1 saturated carbocycles. The first-order valence-electron chi connectivity index (χ1n) is 7.07. The van der Waals surface area contributed by atoms with Gasteiger partial charge in [0.25, 0.3) is 5.91 Å². The van der Waals surface area contributed by atoms with Gasteiger partial charge in [0.05, 0.1) is 17.9 Å². The molecule has 6 heteroatoms. The molecular formula is C14H22ClN3O2. The van der Waals surface area contributed by atoms with E-state index in [-0.39, 0.29) is 11.9 Å². The van der Waals surface area contributed by atoms with Crippen LogP contribution < -0.4 is 5.32 Å². The molecular weight excluding hydrogens is 278 g/mol. The number of rotatable bonds is 6. The van der Waals surface area contributed by atoms with E-state index in [4.69, 9.17) is 16.3 Å². The van der Waals surface area contributed by atoms with Crippen LogP contribution in [0.1, 0.15) is 49.5 Å². The highest BCUT2D eigenvalue weighted by Gasteiger charge is 2.28. The summed E-state index contributed by atoms with van der Waals surface area (Å²) in [5.41, 5.74) is 0.448. The maximum absolute atomic E-state index is 12.0. The quantitative estimate of drug-likeness (QED) is 0.878. The van der Waals surface area contributed by atoms with Crippen molar-refractivity contribution in [3.8, 4) is 0 Å². The lowest BCUT2D eigenvalue weighted by Gasteiger charge is -2.34. The molecule has 1 aromatic heterocycles. The van der Waals surface area contributed by atoms with Gasteiger partial charge in [0.1, 0.15) is 5.15 Å². The van der Waals surface area contributed by atoms with E-state index >= 15 is 0 Å². The maximum atomic E-state index is 12.0. The number of hydrogen-bond donors (Lipinski definition) is 1. The molecule has 1 aliphatic rings. The van der Waals surface area contributed by atoms with Gasteiger partial charge in [-0.3, -0.25) is 9.48 Å². The van der Waals surface area contributed by atoms with Gasteiger partial charge in [0.2, 0.25) is 0 Å². The zero-order chi connectivity index (χ0) is 14.7. The monoisotopic (exact) mass is 299 g/mol. The standard InChI is InChI=1S/C14H22ClN3O2/c1-9(2)18-13(15)12(8-17-18)14(19)16-5-4-10-6-11(7-10)20-3/h8-11H,4-7H2,1-3H3,(H,16,19). The third kappa shape index (κ3) is 3.33. The highest BCUT2D eigenvalue weighted by molar-refractivity contribution is 6.32. The average molecular weight is 300 g/mol. The van der Waals surface area contributed by atoms with E-state index in [2.05, 4.69) is 10.4 Å². The number of ether oxygens (including phenoxy) is 1. The summed E-state index contributed by atoms with van der Waals surface area (Å²) in [6.45, 7) is 4.62. The molecule has 1 N–H and O–H groups in total. The summed E-state index contributed by atoms with van der Waals surface area (Å²) in [7, 11) is 1.75. The number of amides is 1. The maximum Gasteiger partial charge on any atom is 0.256 e. The third-order valence-electron chi connectivity index (χ3n) is 3.83. The summed E-state index contributed by atoms with van der Waals surface area (Å²) < 4.78 is 6.88. The van der Waals surface area contributed by atoms with Crippen molar-refractivity contribution in [2.24, 2.45) is 5.92 Å². The molecule has 1 aromatic rings. The molecule has 0 aliphatic heterocycles. The Morgan fingerprint density at radius 3 is 2.85 bits per heavy atom. The SMILES string of the molecule is COC1CC(CCNC(=O)c2cnn(C(C)C)c2Cl)C1. The molecule has 0 unspecified atom stereocenters. The number of halogens is 1. The second kappa shape index (κ2) is 6.59. The zero-order valence-corrected chi connectivity index (χ0v) is 13.0. The Kier molecular flexibility index (Phi) is 5.05. The van der Waals surface area contributed by atoms with Crippen molar-refractivity contribution in [3.63, 3.8) is 0 Å². The Balaban J connectivity index is 1.78. The highest BCUT2D eigenvalue weighted by Crippen LogP contribution is 2.31. The fourth-order valence-corrected chi connectivity index (χ4v) is 2.82. The molecule has 0 radical (unpaired) electrons. The van der Waals surface area contributed by atoms with Crippen LogP contribution in [0.2, 0.25) is 5.15 Å². The van der Waals surface area contributed by atoms with Crippen molar-refractivity contribution < 1.29 is 9.53 Å². The van der Waals surface area contributed by atoms with E-state index in [0.717, 1.165) is 19.3 Å². The van der Waals surface area contributed by atoms with E-state index in [1.165, 1.54) is 6.20 Å². The van der Waals surface area contributed by atoms with Gasteiger partial charge in [-0.05, 0) is 39.0 Å². The number of nitrogens with one attached hydrogen (secondary N) is 1. The molecule has 0 bridgehead atoms. The van der Waals surface area contributed by atoms with Crippen molar-refractivity contribution in [2.75, 3.05) is 13.7 Å². The van der Waals surface area contributed by atoms with Gasteiger partial charge in [-0.2, -0.15) is 5.10 Å². The van der Waals surface area contributed by atoms with Crippen LogP contribution in [0.5, 0.6) is 0 Å². The first-order valence-corrected chi connectivity index (χ1v) is 7.44. The highest BCUT2D eigenvalue weighted by atomic mass is 35.5. The Morgan fingerprint density at radius 2 is 2.30 bits per heavy atom. The fraction of sp³-hybridized carbons (Fsp3) is 0.714. The number of carbonyl (C=O) groups is 1. The van der Waals surface area contributed by atoms with Crippen LogP contribution in [-0.2, 0) is 4.74 Å². The molecule has 1 heterocycles. The number of carbonyl (C=O) groups excluding carboxylic acids is 1. The van der Waals surface area contributed by atoms with Gasteiger partial charge in [0, 0.05) is 19.7 Å². The van der Waals surface area contributed by atoms with Crippen LogP contribution in [-0.4, -0.2) is 35.4 Å². The normalized spacial score (nSPS) is 21.9. The van der Waals surface area contributed by atoms with E-state index in [1.807, 2.05) is 13.8 Å². The summed E-state index contributed by atoms with van der Waals surface area (Å²) in [5.74, 6) is 0.513. The van der Waals surface area contributed by atoms with Crippen LogP contribution in [0.3, 0.4) is 0 Å². The zero-order valence-electron chi connectivity index (χ0n) is 12.2. The number of methoxy groups -OCH3 is 1. The van der Waals surface area contributed by atoms with Crippen LogP contribution in [0, 0.1) is 5.92 Å². The van der Waals surface area contributed by atoms with Crippen molar-refractivity contribution in [1.82, 2.24) is 15.1 Å². The topological polar surface area (TPSA) is 56.1 Å². The molecule has 5 nitrogen and oxygen atoms in total. The van der Waals surface area contributed by atoms with Gasteiger partial charge in [-0.1, -0.05) is 11.6 Å². The van der Waals surface area contributed by atoms with E-state index in [0.29, 0.717) is 29.3 Å². The minimum absolute atomic E-state index is 0.144. The van der Waals surface area contributed by atoms with Crippen LogP contribution in [0.25, 0.3) is 0 Å². The van der Waals surface area contributed by atoms with E-state index < -0.39 is 0 Å². The molecule has 0 spiro atoms. The van der Waals surface area contributed by atoms with Gasteiger partial charge in [0.15, 0.2) is 0 Å². The largest absolute Gasteiger partial charge is 0.381 e. The predicted octanol–water partition coefficient (Wildman–Crippen LogP) is 2.66. The summed E-state index contributed by atoms with van der Waals surface area (Å²) in [6, 6.07) is 0.144. The Bertz CT molecular complexity index is 467. The Hall–Kier alpha value is -1.07. The second-order valence-corrected chi connectivity index (χ2v) is 5.99. The average Bonchev–Trinajstić information content (AvgIpc) is 2.73. The molecule has 1 fully saturated rings. The minimum atomic E-state index is -0.149.